The molecular formula is C45H39NO. The van der Waals surface area contributed by atoms with E-state index >= 15 is 0 Å². The van der Waals surface area contributed by atoms with Gasteiger partial charge in [-0.05, 0) is 86.3 Å². The molecule has 2 heteroatoms. The SMILES string of the molecule is CC(C)c1cccc2c1oc1c(N(c3ccc4c(c3)C(C)(C)c3ccccc3-4)c3ccc4c(c3)C(C)(C)c3ccccc3-4)cccc12. The highest BCUT2D eigenvalue weighted by molar-refractivity contribution is 6.11. The largest absolute Gasteiger partial charge is 0.454 e. The van der Waals surface area contributed by atoms with Crippen LogP contribution in [0.5, 0.6) is 0 Å². The van der Waals surface area contributed by atoms with Crippen LogP contribution in [0, 0.1) is 0 Å². The van der Waals surface area contributed by atoms with Gasteiger partial charge in [-0.15, -0.1) is 0 Å². The molecule has 0 saturated heterocycles. The second-order valence-corrected chi connectivity index (χ2v) is 14.8. The summed E-state index contributed by atoms with van der Waals surface area (Å²) >= 11 is 0. The van der Waals surface area contributed by atoms with E-state index in [0.717, 1.165) is 33.6 Å². The predicted molar refractivity (Wildman–Crippen MR) is 198 cm³/mol. The molecule has 1 aromatic heterocycles. The van der Waals surface area contributed by atoms with Gasteiger partial charge in [-0.2, -0.15) is 0 Å². The van der Waals surface area contributed by atoms with Crippen molar-refractivity contribution >= 4 is 39.0 Å². The number of furan rings is 1. The van der Waals surface area contributed by atoms with E-state index in [2.05, 4.69) is 168 Å². The summed E-state index contributed by atoms with van der Waals surface area (Å²) in [4.78, 5) is 2.43. The Kier molecular flexibility index (Phi) is 5.82. The van der Waals surface area contributed by atoms with E-state index in [1.165, 1.54) is 55.5 Å². The Morgan fingerprint density at radius 1 is 0.489 bits per heavy atom. The molecule has 47 heavy (non-hydrogen) atoms. The molecule has 1 heterocycles. The van der Waals surface area contributed by atoms with E-state index in [-0.39, 0.29) is 10.8 Å². The fourth-order valence-corrected chi connectivity index (χ4v) is 8.55. The molecule has 6 aromatic carbocycles. The Morgan fingerprint density at radius 3 is 1.53 bits per heavy atom. The number of rotatable bonds is 4. The molecule has 230 valence electrons. The molecule has 9 rings (SSSR count). The molecule has 0 spiro atoms. The first-order chi connectivity index (χ1) is 22.7. The summed E-state index contributed by atoms with van der Waals surface area (Å²) in [5.74, 6) is 0.361. The molecule has 0 aliphatic heterocycles. The third-order valence-electron chi connectivity index (χ3n) is 11.0. The lowest BCUT2D eigenvalue weighted by Crippen LogP contribution is -2.18. The van der Waals surface area contributed by atoms with Crippen molar-refractivity contribution in [1.29, 1.82) is 0 Å². The molecule has 0 bridgehead atoms. The highest BCUT2D eigenvalue weighted by atomic mass is 16.3. The van der Waals surface area contributed by atoms with Gasteiger partial charge >= 0.3 is 0 Å². The summed E-state index contributed by atoms with van der Waals surface area (Å²) in [5, 5.41) is 2.32. The molecule has 7 aromatic rings. The quantitative estimate of drug-likeness (QED) is 0.197. The maximum Gasteiger partial charge on any atom is 0.159 e. The first-order valence-electron chi connectivity index (χ1n) is 16.9. The zero-order valence-electron chi connectivity index (χ0n) is 28.0. The maximum absolute atomic E-state index is 6.93. The molecule has 0 atom stereocenters. The predicted octanol–water partition coefficient (Wildman–Crippen LogP) is 12.8. The van der Waals surface area contributed by atoms with Gasteiger partial charge in [-0.25, -0.2) is 0 Å². The van der Waals surface area contributed by atoms with Crippen LogP contribution in [0.4, 0.5) is 17.1 Å². The number of para-hydroxylation sites is 2. The average molecular weight is 610 g/mol. The summed E-state index contributed by atoms with van der Waals surface area (Å²) < 4.78 is 6.93. The molecule has 0 radical (unpaired) electrons. The van der Waals surface area contributed by atoms with Crippen LogP contribution in [0.1, 0.15) is 75.3 Å². The number of benzene rings is 6. The Bertz CT molecular complexity index is 2300. The van der Waals surface area contributed by atoms with Crippen LogP contribution in [-0.2, 0) is 10.8 Å². The van der Waals surface area contributed by atoms with Crippen molar-refractivity contribution in [3.05, 3.63) is 149 Å². The summed E-state index contributed by atoms with van der Waals surface area (Å²) in [6.45, 7) is 13.9. The van der Waals surface area contributed by atoms with Crippen LogP contribution in [0.3, 0.4) is 0 Å². The zero-order chi connectivity index (χ0) is 32.2. The van der Waals surface area contributed by atoms with Crippen molar-refractivity contribution in [3.63, 3.8) is 0 Å². The standard InChI is InChI=1S/C45H39NO/c1-27(2)30-15-11-16-35-36-17-12-20-41(43(36)47-42(30)35)46(28-21-23-33-31-13-7-9-18-37(31)44(3,4)39(33)25-28)29-22-24-34-32-14-8-10-19-38(32)45(5,6)40(34)26-29/h7-27H,1-6H3. The first kappa shape index (κ1) is 28.2. The lowest BCUT2D eigenvalue weighted by molar-refractivity contribution is 0.656. The summed E-state index contributed by atoms with van der Waals surface area (Å²) in [6, 6.07) is 45.0. The minimum absolute atomic E-state index is 0.104. The van der Waals surface area contributed by atoms with Gasteiger partial charge in [0.05, 0.1) is 5.69 Å². The van der Waals surface area contributed by atoms with Gasteiger partial charge in [-0.1, -0.05) is 133 Å². The summed E-state index contributed by atoms with van der Waals surface area (Å²) in [6.07, 6.45) is 0. The zero-order valence-corrected chi connectivity index (χ0v) is 28.0. The van der Waals surface area contributed by atoms with Crippen molar-refractivity contribution in [2.45, 2.75) is 58.3 Å². The van der Waals surface area contributed by atoms with Gasteiger partial charge in [0.15, 0.2) is 5.58 Å². The lowest BCUT2D eigenvalue weighted by atomic mass is 9.82. The maximum atomic E-state index is 6.93. The minimum Gasteiger partial charge on any atom is -0.454 e. The van der Waals surface area contributed by atoms with Gasteiger partial charge < -0.3 is 9.32 Å². The fourth-order valence-electron chi connectivity index (χ4n) is 8.55. The van der Waals surface area contributed by atoms with Crippen molar-refractivity contribution in [3.8, 4) is 22.3 Å². The van der Waals surface area contributed by atoms with E-state index < -0.39 is 0 Å². The second-order valence-electron chi connectivity index (χ2n) is 14.8. The van der Waals surface area contributed by atoms with E-state index in [1.54, 1.807) is 0 Å². The Hall–Kier alpha value is -5.08. The van der Waals surface area contributed by atoms with E-state index in [1.807, 2.05) is 0 Å². The normalized spacial score (nSPS) is 15.1. The fraction of sp³-hybridized carbons (Fsp3) is 0.200. The van der Waals surface area contributed by atoms with Gasteiger partial charge in [0, 0.05) is 33.0 Å². The lowest BCUT2D eigenvalue weighted by Gasteiger charge is -2.29. The number of hydrogen-bond donors (Lipinski definition) is 0. The highest BCUT2D eigenvalue weighted by Gasteiger charge is 2.38. The Labute approximate surface area is 277 Å². The Morgan fingerprint density at radius 2 is 0.979 bits per heavy atom. The van der Waals surface area contributed by atoms with Gasteiger partial charge in [0.25, 0.3) is 0 Å². The van der Waals surface area contributed by atoms with E-state index in [4.69, 9.17) is 4.42 Å². The van der Waals surface area contributed by atoms with Crippen LogP contribution in [0.25, 0.3) is 44.2 Å². The molecule has 0 fully saturated rings. The third-order valence-corrected chi connectivity index (χ3v) is 11.0. The molecule has 0 unspecified atom stereocenters. The molecule has 0 amide bonds. The molecule has 2 nitrogen and oxygen atoms in total. The van der Waals surface area contributed by atoms with Crippen LogP contribution >= 0.6 is 0 Å². The summed E-state index contributed by atoms with van der Waals surface area (Å²) in [7, 11) is 0. The molecule has 0 N–H and O–H groups in total. The monoisotopic (exact) mass is 609 g/mol. The molecule has 0 saturated carbocycles. The van der Waals surface area contributed by atoms with E-state index in [9.17, 15) is 0 Å². The molecule has 2 aliphatic rings. The number of hydrogen-bond acceptors (Lipinski definition) is 2. The highest BCUT2D eigenvalue weighted by Crippen LogP contribution is 2.53. The van der Waals surface area contributed by atoms with Crippen molar-refractivity contribution < 1.29 is 4.42 Å². The topological polar surface area (TPSA) is 16.4 Å². The minimum atomic E-state index is -0.104. The second kappa shape index (κ2) is 9.72. The van der Waals surface area contributed by atoms with Crippen LogP contribution in [-0.4, -0.2) is 0 Å². The van der Waals surface area contributed by atoms with Gasteiger partial charge in [0.2, 0.25) is 0 Å². The van der Waals surface area contributed by atoms with Crippen molar-refractivity contribution in [2.24, 2.45) is 0 Å². The third kappa shape index (κ3) is 3.85. The number of anilines is 3. The van der Waals surface area contributed by atoms with Crippen LogP contribution < -0.4 is 4.90 Å². The smallest absolute Gasteiger partial charge is 0.159 e. The van der Waals surface area contributed by atoms with Crippen LogP contribution in [0.2, 0.25) is 0 Å². The van der Waals surface area contributed by atoms with Gasteiger partial charge in [-0.3, -0.25) is 0 Å². The molecule has 2 aliphatic carbocycles. The van der Waals surface area contributed by atoms with Crippen LogP contribution in [0.15, 0.2) is 126 Å². The van der Waals surface area contributed by atoms with Crippen molar-refractivity contribution in [1.82, 2.24) is 0 Å². The van der Waals surface area contributed by atoms with Crippen molar-refractivity contribution in [2.75, 3.05) is 4.90 Å². The summed E-state index contributed by atoms with van der Waals surface area (Å²) in [5.41, 5.74) is 17.1. The van der Waals surface area contributed by atoms with E-state index in [0.29, 0.717) is 5.92 Å². The number of fused-ring (bicyclic) bond motifs is 9. The number of nitrogens with zero attached hydrogens (tertiary/aromatic N) is 1. The molecular weight excluding hydrogens is 571 g/mol. The van der Waals surface area contributed by atoms with Gasteiger partial charge in [0.1, 0.15) is 5.58 Å². The average Bonchev–Trinajstić information content (AvgIpc) is 3.65. The Balaban J connectivity index is 1.31. The first-order valence-corrected chi connectivity index (χ1v) is 16.9.